The van der Waals surface area contributed by atoms with Crippen LogP contribution in [-0.4, -0.2) is 22.9 Å². The first-order chi connectivity index (χ1) is 10.0. The molecular weight excluding hydrogens is 280 g/mol. The summed E-state index contributed by atoms with van der Waals surface area (Å²) >= 11 is 1.79. The summed E-state index contributed by atoms with van der Waals surface area (Å²) in [6.07, 6.45) is 6.20. The van der Waals surface area contributed by atoms with E-state index in [0.717, 1.165) is 6.42 Å². The lowest BCUT2D eigenvalue weighted by Gasteiger charge is -2.30. The van der Waals surface area contributed by atoms with Crippen LogP contribution in [0.25, 0.3) is 0 Å². The van der Waals surface area contributed by atoms with Crippen LogP contribution >= 0.6 is 11.3 Å². The van der Waals surface area contributed by atoms with Crippen molar-refractivity contribution in [1.29, 1.82) is 0 Å². The number of carbonyl (C=O) groups excluding carboxylic acids is 1. The molecule has 0 aromatic carbocycles. The number of thiophene rings is 1. The molecule has 0 bridgehead atoms. The SMILES string of the molecule is CCCCCCC(C)N1C(=O)C(C)NC1c1ccc(C)s1. The normalized spacial score (nSPS) is 23.8. The largest absolute Gasteiger partial charge is 0.318 e. The second-order valence-electron chi connectivity index (χ2n) is 6.18. The van der Waals surface area contributed by atoms with Crippen LogP contribution in [0.3, 0.4) is 0 Å². The van der Waals surface area contributed by atoms with E-state index in [-0.39, 0.29) is 18.1 Å². The third-order valence-corrected chi connectivity index (χ3v) is 5.35. The van der Waals surface area contributed by atoms with Crippen molar-refractivity contribution in [2.75, 3.05) is 0 Å². The van der Waals surface area contributed by atoms with Gasteiger partial charge >= 0.3 is 0 Å². The van der Waals surface area contributed by atoms with Crippen LogP contribution in [0.5, 0.6) is 0 Å². The standard InChI is InChI=1S/C17H28N2OS/c1-5-6-7-8-9-12(2)19-16(18-14(4)17(19)20)15-11-10-13(3)21-15/h10-12,14,16,18H,5-9H2,1-4H3. The summed E-state index contributed by atoms with van der Waals surface area (Å²) in [5.74, 6) is 0.244. The van der Waals surface area contributed by atoms with Gasteiger partial charge in [0, 0.05) is 15.8 Å². The highest BCUT2D eigenvalue weighted by Gasteiger charge is 2.40. The molecule has 1 aliphatic rings. The van der Waals surface area contributed by atoms with Gasteiger partial charge in [0.15, 0.2) is 0 Å². The Morgan fingerprint density at radius 3 is 2.71 bits per heavy atom. The monoisotopic (exact) mass is 308 g/mol. The van der Waals surface area contributed by atoms with E-state index in [0.29, 0.717) is 6.04 Å². The Bertz CT molecular complexity index is 471. The van der Waals surface area contributed by atoms with Gasteiger partial charge in [0.2, 0.25) is 5.91 Å². The Morgan fingerprint density at radius 1 is 1.33 bits per heavy atom. The van der Waals surface area contributed by atoms with Crippen LogP contribution in [0.2, 0.25) is 0 Å². The molecule has 0 aliphatic carbocycles. The number of nitrogens with zero attached hydrogens (tertiary/aromatic N) is 1. The maximum atomic E-state index is 12.5. The minimum Gasteiger partial charge on any atom is -0.318 e. The number of aryl methyl sites for hydroxylation is 1. The highest BCUT2D eigenvalue weighted by atomic mass is 32.1. The Hall–Kier alpha value is -0.870. The quantitative estimate of drug-likeness (QED) is 0.764. The summed E-state index contributed by atoms with van der Waals surface area (Å²) in [5, 5.41) is 3.45. The first-order valence-electron chi connectivity index (χ1n) is 8.19. The molecule has 118 valence electrons. The van der Waals surface area contributed by atoms with Gasteiger partial charge in [0.25, 0.3) is 0 Å². The van der Waals surface area contributed by atoms with E-state index < -0.39 is 0 Å². The summed E-state index contributed by atoms with van der Waals surface area (Å²) in [4.78, 5) is 17.1. The molecule has 1 amide bonds. The Morgan fingerprint density at radius 2 is 2.10 bits per heavy atom. The summed E-state index contributed by atoms with van der Waals surface area (Å²) < 4.78 is 0. The zero-order valence-corrected chi connectivity index (χ0v) is 14.5. The molecule has 3 nitrogen and oxygen atoms in total. The highest BCUT2D eigenvalue weighted by Crippen LogP contribution is 2.33. The van der Waals surface area contributed by atoms with Crippen molar-refractivity contribution < 1.29 is 4.79 Å². The van der Waals surface area contributed by atoms with Gasteiger partial charge in [-0.05, 0) is 39.3 Å². The first-order valence-corrected chi connectivity index (χ1v) is 9.00. The van der Waals surface area contributed by atoms with Crippen molar-refractivity contribution >= 4 is 17.2 Å². The fraction of sp³-hybridized carbons (Fsp3) is 0.706. The second kappa shape index (κ2) is 7.41. The fourth-order valence-corrected chi connectivity index (χ4v) is 3.97. The molecule has 1 aliphatic heterocycles. The molecule has 1 aromatic heterocycles. The van der Waals surface area contributed by atoms with E-state index in [1.165, 1.54) is 35.4 Å². The average Bonchev–Trinajstić information content (AvgIpc) is 3.00. The van der Waals surface area contributed by atoms with Crippen molar-refractivity contribution in [1.82, 2.24) is 10.2 Å². The van der Waals surface area contributed by atoms with E-state index in [4.69, 9.17) is 0 Å². The van der Waals surface area contributed by atoms with Gasteiger partial charge in [-0.3, -0.25) is 10.1 Å². The molecule has 1 aromatic rings. The lowest BCUT2D eigenvalue weighted by Crippen LogP contribution is -2.38. The molecular formula is C17H28N2OS. The minimum absolute atomic E-state index is 0.0624. The molecule has 1 N–H and O–H groups in total. The van der Waals surface area contributed by atoms with Gasteiger partial charge in [-0.2, -0.15) is 0 Å². The van der Waals surface area contributed by atoms with E-state index >= 15 is 0 Å². The third kappa shape index (κ3) is 3.86. The second-order valence-corrected chi connectivity index (χ2v) is 7.50. The molecule has 1 saturated heterocycles. The number of unbranched alkanes of at least 4 members (excludes halogenated alkanes) is 3. The number of hydrogen-bond acceptors (Lipinski definition) is 3. The Labute approximate surface area is 132 Å². The van der Waals surface area contributed by atoms with Crippen molar-refractivity contribution in [2.24, 2.45) is 0 Å². The van der Waals surface area contributed by atoms with E-state index in [9.17, 15) is 4.79 Å². The summed E-state index contributed by atoms with van der Waals surface area (Å²) in [7, 11) is 0. The van der Waals surface area contributed by atoms with E-state index in [2.05, 4.69) is 43.1 Å². The number of hydrogen-bond donors (Lipinski definition) is 1. The fourth-order valence-electron chi connectivity index (χ4n) is 3.04. The van der Waals surface area contributed by atoms with Gasteiger partial charge in [0.05, 0.1) is 6.04 Å². The maximum Gasteiger partial charge on any atom is 0.241 e. The van der Waals surface area contributed by atoms with Crippen molar-refractivity contribution in [3.63, 3.8) is 0 Å². The summed E-state index contributed by atoms with van der Waals surface area (Å²) in [6.45, 7) is 8.51. The van der Waals surface area contributed by atoms with Crippen molar-refractivity contribution in [2.45, 2.75) is 78.0 Å². The zero-order valence-electron chi connectivity index (χ0n) is 13.7. The van der Waals surface area contributed by atoms with Crippen LogP contribution < -0.4 is 5.32 Å². The van der Waals surface area contributed by atoms with Gasteiger partial charge in [-0.15, -0.1) is 11.3 Å². The van der Waals surface area contributed by atoms with Gasteiger partial charge in [-0.25, -0.2) is 0 Å². The Kier molecular flexibility index (Phi) is 5.82. The molecule has 0 spiro atoms. The number of nitrogens with one attached hydrogen (secondary N) is 1. The molecule has 0 saturated carbocycles. The molecule has 3 atom stereocenters. The summed E-state index contributed by atoms with van der Waals surface area (Å²) in [6, 6.07) is 4.52. The molecule has 2 heterocycles. The van der Waals surface area contributed by atoms with E-state index in [1.807, 2.05) is 6.92 Å². The number of rotatable bonds is 7. The van der Waals surface area contributed by atoms with Crippen molar-refractivity contribution in [3.05, 3.63) is 21.9 Å². The van der Waals surface area contributed by atoms with Crippen LogP contribution in [0.15, 0.2) is 12.1 Å². The zero-order chi connectivity index (χ0) is 15.4. The Balaban J connectivity index is 2.04. The first kappa shape index (κ1) is 16.5. The van der Waals surface area contributed by atoms with Crippen LogP contribution in [-0.2, 0) is 4.79 Å². The predicted octanol–water partition coefficient (Wildman–Crippen LogP) is 4.23. The topological polar surface area (TPSA) is 32.3 Å². The lowest BCUT2D eigenvalue weighted by molar-refractivity contribution is -0.131. The predicted molar refractivity (Wildman–Crippen MR) is 89.5 cm³/mol. The molecule has 4 heteroatoms. The van der Waals surface area contributed by atoms with Gasteiger partial charge in [0.1, 0.15) is 6.17 Å². The molecule has 3 unspecified atom stereocenters. The maximum absolute atomic E-state index is 12.5. The summed E-state index contributed by atoms with van der Waals surface area (Å²) in [5.41, 5.74) is 0. The molecule has 21 heavy (non-hydrogen) atoms. The molecule has 0 radical (unpaired) electrons. The number of amides is 1. The van der Waals surface area contributed by atoms with E-state index in [1.54, 1.807) is 11.3 Å². The molecule has 2 rings (SSSR count). The average molecular weight is 308 g/mol. The minimum atomic E-state index is -0.0736. The van der Waals surface area contributed by atoms with Crippen LogP contribution in [0, 0.1) is 6.92 Å². The number of carbonyl (C=O) groups is 1. The third-order valence-electron chi connectivity index (χ3n) is 4.29. The van der Waals surface area contributed by atoms with Gasteiger partial charge in [-0.1, -0.05) is 32.6 Å². The van der Waals surface area contributed by atoms with Crippen molar-refractivity contribution in [3.8, 4) is 0 Å². The smallest absolute Gasteiger partial charge is 0.241 e. The lowest BCUT2D eigenvalue weighted by atomic mass is 10.1. The highest BCUT2D eigenvalue weighted by molar-refractivity contribution is 7.12. The van der Waals surface area contributed by atoms with Crippen LogP contribution in [0.4, 0.5) is 0 Å². The van der Waals surface area contributed by atoms with Crippen LogP contribution in [0.1, 0.15) is 68.8 Å². The molecule has 1 fully saturated rings. The van der Waals surface area contributed by atoms with Gasteiger partial charge < -0.3 is 4.90 Å².